The predicted molar refractivity (Wildman–Crippen MR) is 80.0 cm³/mol. The Morgan fingerprint density at radius 2 is 2.21 bits per heavy atom. The van der Waals surface area contributed by atoms with Crippen LogP contribution in [0.15, 0.2) is 30.9 Å². The molecule has 1 fully saturated rings. The van der Waals surface area contributed by atoms with Gasteiger partial charge in [-0.25, -0.2) is 18.2 Å². The van der Waals surface area contributed by atoms with E-state index in [0.29, 0.717) is 19.6 Å². The van der Waals surface area contributed by atoms with E-state index in [4.69, 9.17) is 0 Å². The third-order valence-electron chi connectivity index (χ3n) is 4.20. The molecule has 1 atom stereocenters. The van der Waals surface area contributed by atoms with Crippen molar-refractivity contribution in [2.45, 2.75) is 25.8 Å². The summed E-state index contributed by atoms with van der Waals surface area (Å²) < 4.78 is 40.6. The first-order valence-electron chi connectivity index (χ1n) is 7.74. The van der Waals surface area contributed by atoms with E-state index in [-0.39, 0.29) is 17.4 Å². The standard InChI is InChI=1S/C16H17F3N4O/c17-14-6-12(3-4-13(14)15(18)19)16(24)22-5-1-2-11(7-22)8-23-10-20-9-21-23/h3-4,6,9-11,15H,1-2,5,7-8H2. The molecule has 0 radical (unpaired) electrons. The Balaban J connectivity index is 1.69. The Morgan fingerprint density at radius 1 is 1.38 bits per heavy atom. The van der Waals surface area contributed by atoms with E-state index in [9.17, 15) is 18.0 Å². The van der Waals surface area contributed by atoms with Crippen molar-refractivity contribution in [1.82, 2.24) is 19.7 Å². The second-order valence-electron chi connectivity index (χ2n) is 5.91. The maximum absolute atomic E-state index is 13.7. The number of amides is 1. The maximum atomic E-state index is 13.7. The zero-order valence-electron chi connectivity index (χ0n) is 12.9. The quantitative estimate of drug-likeness (QED) is 0.861. The highest BCUT2D eigenvalue weighted by Crippen LogP contribution is 2.24. The summed E-state index contributed by atoms with van der Waals surface area (Å²) in [4.78, 5) is 18.0. The first kappa shape index (κ1) is 16.5. The van der Waals surface area contributed by atoms with Gasteiger partial charge in [-0.2, -0.15) is 5.10 Å². The minimum Gasteiger partial charge on any atom is -0.338 e. The summed E-state index contributed by atoms with van der Waals surface area (Å²) in [6, 6.07) is 3.13. The molecule has 1 aromatic carbocycles. The lowest BCUT2D eigenvalue weighted by molar-refractivity contribution is 0.0658. The molecule has 0 N–H and O–H groups in total. The molecule has 0 spiro atoms. The van der Waals surface area contributed by atoms with Crippen molar-refractivity contribution in [3.05, 3.63) is 47.8 Å². The van der Waals surface area contributed by atoms with E-state index in [1.807, 2.05) is 0 Å². The Hall–Kier alpha value is -2.38. The van der Waals surface area contributed by atoms with Gasteiger partial charge < -0.3 is 4.90 Å². The number of likely N-dealkylation sites (tertiary alicyclic amines) is 1. The summed E-state index contributed by atoms with van der Waals surface area (Å²) in [5.41, 5.74) is -0.590. The second-order valence-corrected chi connectivity index (χ2v) is 5.91. The van der Waals surface area contributed by atoms with Crippen LogP contribution in [0.3, 0.4) is 0 Å². The van der Waals surface area contributed by atoms with Crippen molar-refractivity contribution in [1.29, 1.82) is 0 Å². The SMILES string of the molecule is O=C(c1ccc(C(F)F)c(F)c1)N1CCCC(Cn2cncn2)C1. The van der Waals surface area contributed by atoms with Crippen LogP contribution < -0.4 is 0 Å². The van der Waals surface area contributed by atoms with Gasteiger partial charge >= 0.3 is 0 Å². The molecule has 2 aromatic rings. The first-order valence-corrected chi connectivity index (χ1v) is 7.74. The number of hydrogen-bond donors (Lipinski definition) is 0. The Morgan fingerprint density at radius 3 is 2.88 bits per heavy atom. The van der Waals surface area contributed by atoms with Crippen LogP contribution in [0.4, 0.5) is 13.2 Å². The van der Waals surface area contributed by atoms with Crippen molar-refractivity contribution in [3.63, 3.8) is 0 Å². The number of benzene rings is 1. The molecule has 0 bridgehead atoms. The molecule has 24 heavy (non-hydrogen) atoms. The lowest BCUT2D eigenvalue weighted by atomic mass is 9.97. The Kier molecular flexibility index (Phi) is 4.82. The average molecular weight is 338 g/mol. The molecule has 3 rings (SSSR count). The number of halogens is 3. The maximum Gasteiger partial charge on any atom is 0.266 e. The largest absolute Gasteiger partial charge is 0.338 e. The molecule has 0 aliphatic carbocycles. The van der Waals surface area contributed by atoms with Gasteiger partial charge in [-0.15, -0.1) is 0 Å². The lowest BCUT2D eigenvalue weighted by Crippen LogP contribution is -2.41. The van der Waals surface area contributed by atoms with Crippen molar-refractivity contribution in [3.8, 4) is 0 Å². The Bertz CT molecular complexity index is 705. The zero-order chi connectivity index (χ0) is 17.1. The van der Waals surface area contributed by atoms with E-state index in [1.165, 1.54) is 12.4 Å². The summed E-state index contributed by atoms with van der Waals surface area (Å²) in [6.07, 6.45) is 1.99. The minimum absolute atomic E-state index is 0.0957. The first-order chi connectivity index (χ1) is 11.5. The molecule has 2 heterocycles. The molecule has 5 nitrogen and oxygen atoms in total. The third-order valence-corrected chi connectivity index (χ3v) is 4.20. The van der Waals surface area contributed by atoms with Gasteiger partial charge in [-0.1, -0.05) is 0 Å². The molecule has 1 aliphatic rings. The van der Waals surface area contributed by atoms with Gasteiger partial charge in [0.05, 0.1) is 5.56 Å². The molecule has 8 heteroatoms. The van der Waals surface area contributed by atoms with Crippen molar-refractivity contribution in [2.24, 2.45) is 5.92 Å². The highest BCUT2D eigenvalue weighted by atomic mass is 19.3. The van der Waals surface area contributed by atoms with E-state index >= 15 is 0 Å². The van der Waals surface area contributed by atoms with E-state index in [1.54, 1.807) is 15.9 Å². The van der Waals surface area contributed by atoms with Crippen molar-refractivity contribution >= 4 is 5.91 Å². The van der Waals surface area contributed by atoms with Crippen LogP contribution in [0.25, 0.3) is 0 Å². The average Bonchev–Trinajstić information content (AvgIpc) is 3.07. The molecule has 1 amide bonds. The van der Waals surface area contributed by atoms with Gasteiger partial charge in [0.25, 0.3) is 12.3 Å². The smallest absolute Gasteiger partial charge is 0.266 e. The number of carbonyl (C=O) groups is 1. The highest BCUT2D eigenvalue weighted by Gasteiger charge is 2.26. The number of hydrogen-bond acceptors (Lipinski definition) is 3. The topological polar surface area (TPSA) is 51.0 Å². The van der Waals surface area contributed by atoms with Crippen LogP contribution in [0.1, 0.15) is 35.2 Å². The van der Waals surface area contributed by atoms with Crippen LogP contribution in [-0.2, 0) is 6.54 Å². The third kappa shape index (κ3) is 3.58. The fourth-order valence-electron chi connectivity index (χ4n) is 3.01. The van der Waals surface area contributed by atoms with Crippen molar-refractivity contribution < 1.29 is 18.0 Å². The fraction of sp³-hybridized carbons (Fsp3) is 0.438. The number of aromatic nitrogens is 3. The number of piperidine rings is 1. The summed E-state index contributed by atoms with van der Waals surface area (Å²) in [7, 11) is 0. The summed E-state index contributed by atoms with van der Waals surface area (Å²) in [5, 5.41) is 4.06. The van der Waals surface area contributed by atoms with E-state index < -0.39 is 17.8 Å². The normalized spacial score (nSPS) is 18.2. The van der Waals surface area contributed by atoms with Crippen LogP contribution >= 0.6 is 0 Å². The van der Waals surface area contributed by atoms with E-state index in [0.717, 1.165) is 25.0 Å². The molecule has 1 aliphatic heterocycles. The molecule has 1 aromatic heterocycles. The van der Waals surface area contributed by atoms with Crippen LogP contribution in [-0.4, -0.2) is 38.7 Å². The molecule has 0 saturated carbocycles. The highest BCUT2D eigenvalue weighted by molar-refractivity contribution is 5.94. The van der Waals surface area contributed by atoms with E-state index in [2.05, 4.69) is 10.1 Å². The van der Waals surface area contributed by atoms with Crippen LogP contribution in [0, 0.1) is 11.7 Å². The minimum atomic E-state index is -2.89. The molecule has 1 unspecified atom stereocenters. The van der Waals surface area contributed by atoms with Crippen LogP contribution in [0.2, 0.25) is 0 Å². The number of carbonyl (C=O) groups excluding carboxylic acids is 1. The summed E-state index contributed by atoms with van der Waals surface area (Å²) >= 11 is 0. The second kappa shape index (κ2) is 7.02. The fourth-order valence-corrected chi connectivity index (χ4v) is 3.01. The number of nitrogens with zero attached hydrogens (tertiary/aromatic N) is 4. The number of alkyl halides is 2. The van der Waals surface area contributed by atoms with Gasteiger partial charge in [-0.3, -0.25) is 9.48 Å². The molecular formula is C16H17F3N4O. The van der Waals surface area contributed by atoms with Gasteiger partial charge in [-0.05, 0) is 37.0 Å². The summed E-state index contributed by atoms with van der Waals surface area (Å²) in [6.45, 7) is 1.75. The molecule has 1 saturated heterocycles. The molecular weight excluding hydrogens is 321 g/mol. The van der Waals surface area contributed by atoms with Gasteiger partial charge in [0.1, 0.15) is 18.5 Å². The predicted octanol–water partition coefficient (Wildman–Crippen LogP) is 2.91. The summed E-state index contributed by atoms with van der Waals surface area (Å²) in [5.74, 6) is -1.15. The van der Waals surface area contributed by atoms with Gasteiger partial charge in [0, 0.05) is 25.2 Å². The van der Waals surface area contributed by atoms with Crippen LogP contribution in [0.5, 0.6) is 0 Å². The lowest BCUT2D eigenvalue weighted by Gasteiger charge is -2.32. The monoisotopic (exact) mass is 338 g/mol. The molecule has 128 valence electrons. The van der Waals surface area contributed by atoms with Gasteiger partial charge in [0.2, 0.25) is 0 Å². The number of rotatable bonds is 4. The Labute approximate surface area is 137 Å². The van der Waals surface area contributed by atoms with Crippen molar-refractivity contribution in [2.75, 3.05) is 13.1 Å². The van der Waals surface area contributed by atoms with Gasteiger partial charge in [0.15, 0.2) is 0 Å². The zero-order valence-corrected chi connectivity index (χ0v) is 12.9.